The fraction of sp³-hybridized carbons (Fsp3) is 0.700. The van der Waals surface area contributed by atoms with Crippen LogP contribution >= 0.6 is 0 Å². The van der Waals surface area contributed by atoms with Gasteiger partial charge in [-0.1, -0.05) is 57.4 Å². The minimum Gasteiger partial charge on any atom is -0.309 e. The van der Waals surface area contributed by atoms with Gasteiger partial charge in [-0.25, -0.2) is 0 Å². The van der Waals surface area contributed by atoms with E-state index in [1.807, 2.05) is 0 Å². The van der Waals surface area contributed by atoms with Crippen LogP contribution in [0.15, 0.2) is 24.3 Å². The van der Waals surface area contributed by atoms with Crippen LogP contribution in [0.25, 0.3) is 0 Å². The van der Waals surface area contributed by atoms with Crippen LogP contribution in [-0.2, 0) is 0 Å². The van der Waals surface area contributed by atoms with Crippen LogP contribution in [0.3, 0.4) is 0 Å². The van der Waals surface area contributed by atoms with Crippen LogP contribution < -0.4 is 5.32 Å². The largest absolute Gasteiger partial charge is 0.309 e. The van der Waals surface area contributed by atoms with Gasteiger partial charge in [-0.15, -0.1) is 0 Å². The normalized spacial score (nSPS) is 23.0. The van der Waals surface area contributed by atoms with Crippen molar-refractivity contribution < 1.29 is 0 Å². The first-order valence-electron chi connectivity index (χ1n) is 9.06. The van der Waals surface area contributed by atoms with E-state index in [4.69, 9.17) is 0 Å². The van der Waals surface area contributed by atoms with E-state index < -0.39 is 0 Å². The maximum Gasteiger partial charge on any atom is 0.0374 e. The zero-order chi connectivity index (χ0) is 14.7. The second-order valence-electron chi connectivity index (χ2n) is 7.54. The molecule has 0 aromatic heterocycles. The highest BCUT2D eigenvalue weighted by molar-refractivity contribution is 5.29. The Morgan fingerprint density at radius 3 is 2.29 bits per heavy atom. The second-order valence-corrected chi connectivity index (χ2v) is 7.54. The molecule has 3 rings (SSSR count). The highest BCUT2D eigenvalue weighted by Crippen LogP contribution is 2.47. The molecule has 116 valence electrons. The van der Waals surface area contributed by atoms with Crippen LogP contribution in [0.4, 0.5) is 0 Å². The van der Waals surface area contributed by atoms with Crippen molar-refractivity contribution in [3.05, 3.63) is 35.4 Å². The van der Waals surface area contributed by atoms with Gasteiger partial charge in [-0.2, -0.15) is 0 Å². The average molecular weight is 285 g/mol. The van der Waals surface area contributed by atoms with E-state index in [0.29, 0.717) is 11.5 Å². The number of benzene rings is 1. The molecule has 2 aliphatic carbocycles. The molecule has 0 amide bonds. The van der Waals surface area contributed by atoms with Gasteiger partial charge in [-0.05, 0) is 61.1 Å². The lowest BCUT2D eigenvalue weighted by atomic mass is 9.75. The molecule has 2 aliphatic rings. The van der Waals surface area contributed by atoms with E-state index in [1.165, 1.54) is 56.9 Å². The van der Waals surface area contributed by atoms with Gasteiger partial charge in [0.1, 0.15) is 0 Å². The van der Waals surface area contributed by atoms with Crippen LogP contribution in [-0.4, -0.2) is 6.54 Å². The first-order chi connectivity index (χ1) is 10.2. The summed E-state index contributed by atoms with van der Waals surface area (Å²) in [5.74, 6) is 0.850. The SMILES string of the molecule is CCCNC(c1ccc(C2CCC2)cc1)C1(C)CCCC1. The first kappa shape index (κ1) is 15.1. The second kappa shape index (κ2) is 6.52. The standard InChI is InChI=1S/C20H31N/c1-3-15-21-19(20(2)13-4-5-14-20)18-11-9-17(10-12-18)16-7-6-8-16/h9-12,16,19,21H,3-8,13-15H2,1-2H3. The van der Waals surface area contributed by atoms with Gasteiger partial charge in [0.2, 0.25) is 0 Å². The minimum absolute atomic E-state index is 0.452. The molecule has 1 unspecified atom stereocenters. The molecule has 2 fully saturated rings. The van der Waals surface area contributed by atoms with E-state index in [1.54, 1.807) is 5.56 Å². The van der Waals surface area contributed by atoms with Gasteiger partial charge in [0.15, 0.2) is 0 Å². The third kappa shape index (κ3) is 3.18. The van der Waals surface area contributed by atoms with Crippen LogP contribution in [0.5, 0.6) is 0 Å². The maximum absolute atomic E-state index is 3.84. The summed E-state index contributed by atoms with van der Waals surface area (Å²) in [5, 5.41) is 3.84. The topological polar surface area (TPSA) is 12.0 Å². The average Bonchev–Trinajstić information content (AvgIpc) is 2.87. The lowest BCUT2D eigenvalue weighted by Gasteiger charge is -2.36. The number of hydrogen-bond donors (Lipinski definition) is 1. The summed E-state index contributed by atoms with van der Waals surface area (Å²) in [7, 11) is 0. The molecule has 1 nitrogen and oxygen atoms in total. The summed E-state index contributed by atoms with van der Waals surface area (Å²) in [4.78, 5) is 0. The number of nitrogens with one attached hydrogen (secondary N) is 1. The van der Waals surface area contributed by atoms with Gasteiger partial charge in [-0.3, -0.25) is 0 Å². The quantitative estimate of drug-likeness (QED) is 0.720. The van der Waals surface area contributed by atoms with E-state index >= 15 is 0 Å². The monoisotopic (exact) mass is 285 g/mol. The molecule has 1 atom stereocenters. The van der Waals surface area contributed by atoms with Crippen LogP contribution in [0.2, 0.25) is 0 Å². The summed E-state index contributed by atoms with van der Waals surface area (Å²) in [6.45, 7) is 5.89. The molecule has 1 aromatic rings. The van der Waals surface area contributed by atoms with Gasteiger partial charge in [0, 0.05) is 6.04 Å². The van der Waals surface area contributed by atoms with Crippen molar-refractivity contribution in [2.75, 3.05) is 6.54 Å². The Kier molecular flexibility index (Phi) is 4.69. The Bertz CT molecular complexity index is 437. The minimum atomic E-state index is 0.452. The molecule has 1 aromatic carbocycles. The van der Waals surface area contributed by atoms with Crippen molar-refractivity contribution in [1.82, 2.24) is 5.32 Å². The zero-order valence-corrected chi connectivity index (χ0v) is 13.8. The van der Waals surface area contributed by atoms with Crippen molar-refractivity contribution in [3.63, 3.8) is 0 Å². The summed E-state index contributed by atoms with van der Waals surface area (Å²) in [6, 6.07) is 10.2. The maximum atomic E-state index is 3.84. The summed E-state index contributed by atoms with van der Waals surface area (Å²) < 4.78 is 0. The van der Waals surface area contributed by atoms with Gasteiger partial charge >= 0.3 is 0 Å². The molecule has 0 radical (unpaired) electrons. The predicted molar refractivity (Wildman–Crippen MR) is 90.6 cm³/mol. The molecule has 1 N–H and O–H groups in total. The van der Waals surface area contributed by atoms with Crippen LogP contribution in [0.1, 0.15) is 88.3 Å². The molecule has 0 aliphatic heterocycles. The third-order valence-corrected chi connectivity index (χ3v) is 5.89. The lowest BCUT2D eigenvalue weighted by Crippen LogP contribution is -2.35. The lowest BCUT2D eigenvalue weighted by molar-refractivity contribution is 0.223. The number of hydrogen-bond acceptors (Lipinski definition) is 1. The van der Waals surface area contributed by atoms with Crippen molar-refractivity contribution in [3.8, 4) is 0 Å². The van der Waals surface area contributed by atoms with E-state index in [0.717, 1.165) is 12.5 Å². The highest BCUT2D eigenvalue weighted by atomic mass is 14.9. The fourth-order valence-electron chi connectivity index (χ4n) is 4.23. The van der Waals surface area contributed by atoms with E-state index in [2.05, 4.69) is 43.4 Å². The zero-order valence-electron chi connectivity index (χ0n) is 13.8. The smallest absolute Gasteiger partial charge is 0.0374 e. The molecule has 2 saturated carbocycles. The number of rotatable bonds is 6. The molecule has 21 heavy (non-hydrogen) atoms. The van der Waals surface area contributed by atoms with Crippen molar-refractivity contribution in [1.29, 1.82) is 0 Å². The summed E-state index contributed by atoms with van der Waals surface area (Å²) in [6.07, 6.45) is 11.0. The Labute approximate surface area is 130 Å². The molecule has 0 saturated heterocycles. The van der Waals surface area contributed by atoms with E-state index in [9.17, 15) is 0 Å². The van der Waals surface area contributed by atoms with Gasteiger partial charge in [0.05, 0.1) is 0 Å². The Hall–Kier alpha value is -0.820. The molecular formula is C20H31N. The Morgan fingerprint density at radius 1 is 1.10 bits per heavy atom. The Morgan fingerprint density at radius 2 is 1.76 bits per heavy atom. The first-order valence-corrected chi connectivity index (χ1v) is 9.06. The predicted octanol–water partition coefficient (Wildman–Crippen LogP) is 5.58. The molecule has 0 bridgehead atoms. The Balaban J connectivity index is 1.78. The molecule has 0 heterocycles. The van der Waals surface area contributed by atoms with Gasteiger partial charge in [0.25, 0.3) is 0 Å². The highest BCUT2D eigenvalue weighted by Gasteiger charge is 2.37. The fourth-order valence-corrected chi connectivity index (χ4v) is 4.23. The van der Waals surface area contributed by atoms with Crippen LogP contribution in [0, 0.1) is 5.41 Å². The molecule has 1 heteroatoms. The van der Waals surface area contributed by atoms with Crippen molar-refractivity contribution >= 4 is 0 Å². The van der Waals surface area contributed by atoms with Crippen molar-refractivity contribution in [2.45, 2.75) is 77.2 Å². The third-order valence-electron chi connectivity index (χ3n) is 5.89. The van der Waals surface area contributed by atoms with E-state index in [-0.39, 0.29) is 0 Å². The summed E-state index contributed by atoms with van der Waals surface area (Å²) in [5.41, 5.74) is 3.53. The summed E-state index contributed by atoms with van der Waals surface area (Å²) >= 11 is 0. The van der Waals surface area contributed by atoms with Gasteiger partial charge < -0.3 is 5.32 Å². The molecule has 0 spiro atoms. The molecular weight excluding hydrogens is 254 g/mol. The van der Waals surface area contributed by atoms with Crippen molar-refractivity contribution in [2.24, 2.45) is 5.41 Å².